The van der Waals surface area contributed by atoms with E-state index in [9.17, 15) is 4.79 Å². The Hall–Kier alpha value is -2.40. The van der Waals surface area contributed by atoms with Gasteiger partial charge in [0, 0.05) is 37.4 Å². The molecule has 21 heavy (non-hydrogen) atoms. The second-order valence-corrected chi connectivity index (χ2v) is 4.78. The monoisotopic (exact) mass is 285 g/mol. The summed E-state index contributed by atoms with van der Waals surface area (Å²) >= 11 is 0. The van der Waals surface area contributed by atoms with Gasteiger partial charge < -0.3 is 15.3 Å². The maximum Gasteiger partial charge on any atom is 0.228 e. The number of carbonyl (C=O) groups excluding carboxylic acids is 1. The lowest BCUT2D eigenvalue weighted by atomic mass is 10.2. The number of hydrogen-bond acceptors (Lipinski definition) is 4. The number of likely N-dealkylation sites (N-methyl/N-ethyl adjacent to an activating group) is 1. The van der Waals surface area contributed by atoms with E-state index in [0.29, 0.717) is 13.0 Å². The number of hydrogen-bond donors (Lipinski definition) is 2. The van der Waals surface area contributed by atoms with Crippen molar-refractivity contribution >= 4 is 17.3 Å². The highest BCUT2D eigenvalue weighted by molar-refractivity contribution is 5.92. The SMILES string of the molecule is CN(CCO)c1ccc(NC(=O)Cc2cccnc2)cc1. The molecular formula is C16H19N3O2. The Kier molecular flexibility index (Phi) is 5.29. The zero-order valence-corrected chi connectivity index (χ0v) is 12.0. The van der Waals surface area contributed by atoms with Gasteiger partial charge >= 0.3 is 0 Å². The number of amides is 1. The van der Waals surface area contributed by atoms with Crippen molar-refractivity contribution in [3.63, 3.8) is 0 Å². The predicted molar refractivity (Wildman–Crippen MR) is 83.4 cm³/mol. The van der Waals surface area contributed by atoms with Gasteiger partial charge in [0.2, 0.25) is 5.91 Å². The lowest BCUT2D eigenvalue weighted by molar-refractivity contribution is -0.115. The summed E-state index contributed by atoms with van der Waals surface area (Å²) in [5.41, 5.74) is 2.63. The van der Waals surface area contributed by atoms with E-state index in [1.807, 2.05) is 48.3 Å². The number of rotatable bonds is 6. The van der Waals surface area contributed by atoms with Gasteiger partial charge in [-0.15, -0.1) is 0 Å². The topological polar surface area (TPSA) is 65.5 Å². The fourth-order valence-corrected chi connectivity index (χ4v) is 1.97. The van der Waals surface area contributed by atoms with Crippen LogP contribution in [0, 0.1) is 0 Å². The van der Waals surface area contributed by atoms with Crippen molar-refractivity contribution in [2.24, 2.45) is 0 Å². The number of aliphatic hydroxyl groups excluding tert-OH is 1. The normalized spacial score (nSPS) is 10.2. The summed E-state index contributed by atoms with van der Waals surface area (Å²) in [5.74, 6) is -0.0699. The smallest absolute Gasteiger partial charge is 0.228 e. The maximum atomic E-state index is 11.9. The Morgan fingerprint density at radius 1 is 1.29 bits per heavy atom. The molecule has 0 aliphatic carbocycles. The van der Waals surface area contributed by atoms with Gasteiger partial charge in [-0.25, -0.2) is 0 Å². The lowest BCUT2D eigenvalue weighted by Crippen LogP contribution is -2.21. The van der Waals surface area contributed by atoms with E-state index in [1.54, 1.807) is 12.4 Å². The van der Waals surface area contributed by atoms with Gasteiger partial charge in [-0.05, 0) is 35.9 Å². The molecule has 0 fully saturated rings. The van der Waals surface area contributed by atoms with Gasteiger partial charge in [0.05, 0.1) is 13.0 Å². The lowest BCUT2D eigenvalue weighted by Gasteiger charge is -2.18. The number of pyridine rings is 1. The molecular weight excluding hydrogens is 266 g/mol. The average Bonchev–Trinajstić information content (AvgIpc) is 2.49. The summed E-state index contributed by atoms with van der Waals surface area (Å²) < 4.78 is 0. The molecule has 2 rings (SSSR count). The van der Waals surface area contributed by atoms with E-state index in [2.05, 4.69) is 10.3 Å². The molecule has 0 spiro atoms. The van der Waals surface area contributed by atoms with Crippen LogP contribution in [-0.2, 0) is 11.2 Å². The van der Waals surface area contributed by atoms with E-state index in [-0.39, 0.29) is 12.5 Å². The van der Waals surface area contributed by atoms with Crippen molar-refractivity contribution in [2.75, 3.05) is 30.4 Å². The molecule has 2 aromatic rings. The molecule has 5 nitrogen and oxygen atoms in total. The molecule has 1 aromatic heterocycles. The summed E-state index contributed by atoms with van der Waals surface area (Å²) in [5, 5.41) is 11.8. The molecule has 0 atom stereocenters. The van der Waals surface area contributed by atoms with Gasteiger partial charge in [0.25, 0.3) is 0 Å². The number of aromatic nitrogens is 1. The minimum absolute atomic E-state index is 0.0699. The number of nitrogens with zero attached hydrogens (tertiary/aromatic N) is 2. The molecule has 1 amide bonds. The number of nitrogens with one attached hydrogen (secondary N) is 1. The molecule has 0 saturated carbocycles. The van der Waals surface area contributed by atoms with Gasteiger partial charge in [0.15, 0.2) is 0 Å². The standard InChI is InChI=1S/C16H19N3O2/c1-19(9-10-20)15-6-4-14(5-7-15)18-16(21)11-13-3-2-8-17-12-13/h2-8,12,20H,9-11H2,1H3,(H,18,21). The first kappa shape index (κ1) is 15.0. The van der Waals surface area contributed by atoms with E-state index in [0.717, 1.165) is 16.9 Å². The molecule has 110 valence electrons. The fourth-order valence-electron chi connectivity index (χ4n) is 1.97. The van der Waals surface area contributed by atoms with Gasteiger partial charge in [0.1, 0.15) is 0 Å². The average molecular weight is 285 g/mol. The maximum absolute atomic E-state index is 11.9. The highest BCUT2D eigenvalue weighted by Gasteiger charge is 2.05. The van der Waals surface area contributed by atoms with Crippen LogP contribution in [0.15, 0.2) is 48.8 Å². The van der Waals surface area contributed by atoms with Crippen LogP contribution >= 0.6 is 0 Å². The van der Waals surface area contributed by atoms with Crippen molar-refractivity contribution < 1.29 is 9.90 Å². The molecule has 5 heteroatoms. The molecule has 0 radical (unpaired) electrons. The Morgan fingerprint density at radius 3 is 2.67 bits per heavy atom. The van der Waals surface area contributed by atoms with E-state index in [4.69, 9.17) is 5.11 Å². The zero-order valence-electron chi connectivity index (χ0n) is 12.0. The Morgan fingerprint density at radius 2 is 2.05 bits per heavy atom. The zero-order chi connectivity index (χ0) is 15.1. The van der Waals surface area contributed by atoms with Gasteiger partial charge in [-0.2, -0.15) is 0 Å². The van der Waals surface area contributed by atoms with Crippen LogP contribution in [0.1, 0.15) is 5.56 Å². The number of carbonyl (C=O) groups is 1. The fraction of sp³-hybridized carbons (Fsp3) is 0.250. The minimum Gasteiger partial charge on any atom is -0.395 e. The van der Waals surface area contributed by atoms with E-state index in [1.165, 1.54) is 0 Å². The van der Waals surface area contributed by atoms with Crippen LogP contribution in [0.4, 0.5) is 11.4 Å². The molecule has 0 aliphatic heterocycles. The first-order valence-corrected chi connectivity index (χ1v) is 6.80. The number of aliphatic hydroxyl groups is 1. The predicted octanol–water partition coefficient (Wildman–Crippen LogP) is 1.69. The highest BCUT2D eigenvalue weighted by Crippen LogP contribution is 2.16. The van der Waals surface area contributed by atoms with Crippen LogP contribution < -0.4 is 10.2 Å². The molecule has 1 heterocycles. The van der Waals surface area contributed by atoms with Crippen molar-refractivity contribution in [3.8, 4) is 0 Å². The quantitative estimate of drug-likeness (QED) is 0.847. The third kappa shape index (κ3) is 4.57. The van der Waals surface area contributed by atoms with Gasteiger partial charge in [-0.3, -0.25) is 9.78 Å². The van der Waals surface area contributed by atoms with Crippen LogP contribution in [0.3, 0.4) is 0 Å². The van der Waals surface area contributed by atoms with E-state index >= 15 is 0 Å². The molecule has 0 bridgehead atoms. The van der Waals surface area contributed by atoms with Crippen molar-refractivity contribution in [2.45, 2.75) is 6.42 Å². The van der Waals surface area contributed by atoms with Crippen molar-refractivity contribution in [1.82, 2.24) is 4.98 Å². The third-order valence-electron chi connectivity index (χ3n) is 3.11. The highest BCUT2D eigenvalue weighted by atomic mass is 16.3. The molecule has 1 aromatic carbocycles. The van der Waals surface area contributed by atoms with Gasteiger partial charge in [-0.1, -0.05) is 6.07 Å². The van der Waals surface area contributed by atoms with Crippen LogP contribution in [0.25, 0.3) is 0 Å². The summed E-state index contributed by atoms with van der Waals surface area (Å²) in [6, 6.07) is 11.2. The minimum atomic E-state index is -0.0699. The van der Waals surface area contributed by atoms with Crippen LogP contribution in [0.5, 0.6) is 0 Å². The molecule has 0 aliphatic rings. The first-order chi connectivity index (χ1) is 10.2. The Bertz CT molecular complexity index is 570. The largest absolute Gasteiger partial charge is 0.395 e. The van der Waals surface area contributed by atoms with E-state index < -0.39 is 0 Å². The second-order valence-electron chi connectivity index (χ2n) is 4.78. The summed E-state index contributed by atoms with van der Waals surface area (Å²) in [7, 11) is 1.91. The number of benzene rings is 1. The molecule has 0 unspecified atom stereocenters. The molecule has 2 N–H and O–H groups in total. The Labute approximate surface area is 124 Å². The second kappa shape index (κ2) is 7.40. The number of anilines is 2. The van der Waals surface area contributed by atoms with Crippen LogP contribution in [-0.4, -0.2) is 36.2 Å². The summed E-state index contributed by atoms with van der Waals surface area (Å²) in [6.07, 6.45) is 3.68. The third-order valence-corrected chi connectivity index (χ3v) is 3.11. The summed E-state index contributed by atoms with van der Waals surface area (Å²) in [4.78, 5) is 17.9. The summed E-state index contributed by atoms with van der Waals surface area (Å²) in [6.45, 7) is 0.687. The first-order valence-electron chi connectivity index (χ1n) is 6.80. The molecule has 0 saturated heterocycles. The van der Waals surface area contributed by atoms with Crippen molar-refractivity contribution in [1.29, 1.82) is 0 Å². The Balaban J connectivity index is 1.92. The van der Waals surface area contributed by atoms with Crippen LogP contribution in [0.2, 0.25) is 0 Å². The van der Waals surface area contributed by atoms with Crippen molar-refractivity contribution in [3.05, 3.63) is 54.4 Å².